The van der Waals surface area contributed by atoms with E-state index in [1.165, 1.54) is 37.5 Å². The van der Waals surface area contributed by atoms with Gasteiger partial charge < -0.3 is 4.74 Å². The van der Waals surface area contributed by atoms with Crippen molar-refractivity contribution in [1.29, 1.82) is 0 Å². The molecule has 0 radical (unpaired) electrons. The molecule has 1 heterocycles. The zero-order valence-corrected chi connectivity index (χ0v) is 10.2. The topological polar surface area (TPSA) is 39.2 Å². The molecule has 3 nitrogen and oxygen atoms in total. The molecule has 1 aromatic heterocycles. The first-order valence-corrected chi connectivity index (χ1v) is 5.79. The van der Waals surface area contributed by atoms with Crippen LogP contribution in [0.15, 0.2) is 23.7 Å². The average Bonchev–Trinajstić information content (AvgIpc) is 2.77. The Kier molecular flexibility index (Phi) is 3.19. The molecule has 0 amide bonds. The lowest BCUT2D eigenvalue weighted by molar-refractivity contribution is 0.101. The molecule has 0 aliphatic heterocycles. The number of carbonyl (C=O) groups is 1. The van der Waals surface area contributed by atoms with Gasteiger partial charge >= 0.3 is 0 Å². The lowest BCUT2D eigenvalue weighted by atomic mass is 10.1. The van der Waals surface area contributed by atoms with Crippen molar-refractivity contribution >= 4 is 17.1 Å². The Balaban J connectivity index is 2.50. The highest BCUT2D eigenvalue weighted by molar-refractivity contribution is 7.13. The third-order valence-electron chi connectivity index (χ3n) is 2.31. The predicted molar refractivity (Wildman–Crippen MR) is 64.1 cm³/mol. The summed E-state index contributed by atoms with van der Waals surface area (Å²) in [6.45, 7) is 1.44. The lowest BCUT2D eigenvalue weighted by Crippen LogP contribution is -1.95. The standard InChI is InChI=1S/C12H10FNO2S/c1-7(15)11-12(17-6-14-11)8-3-4-10(16-2)9(13)5-8/h3-6H,1-2H3. The van der Waals surface area contributed by atoms with E-state index in [9.17, 15) is 9.18 Å². The third kappa shape index (κ3) is 2.19. The second kappa shape index (κ2) is 4.63. The fourth-order valence-electron chi connectivity index (χ4n) is 1.51. The van der Waals surface area contributed by atoms with Crippen molar-refractivity contribution in [3.8, 4) is 16.2 Å². The van der Waals surface area contributed by atoms with Gasteiger partial charge in [0.05, 0.1) is 17.5 Å². The summed E-state index contributed by atoms with van der Waals surface area (Å²) in [6.07, 6.45) is 0. The number of hydrogen-bond donors (Lipinski definition) is 0. The molecule has 5 heteroatoms. The minimum Gasteiger partial charge on any atom is -0.494 e. The molecular weight excluding hydrogens is 241 g/mol. The molecular formula is C12H10FNO2S. The Morgan fingerprint density at radius 2 is 2.24 bits per heavy atom. The van der Waals surface area contributed by atoms with Gasteiger partial charge in [0, 0.05) is 6.92 Å². The van der Waals surface area contributed by atoms with Crippen LogP contribution < -0.4 is 4.74 Å². The number of halogens is 1. The summed E-state index contributed by atoms with van der Waals surface area (Å²) in [5.74, 6) is -0.395. The van der Waals surface area contributed by atoms with Gasteiger partial charge in [-0.2, -0.15) is 0 Å². The molecule has 88 valence electrons. The van der Waals surface area contributed by atoms with Crippen LogP contribution in [0.1, 0.15) is 17.4 Å². The molecule has 1 aromatic carbocycles. The van der Waals surface area contributed by atoms with Crippen LogP contribution in [0.2, 0.25) is 0 Å². The van der Waals surface area contributed by atoms with Gasteiger partial charge in [-0.25, -0.2) is 9.37 Å². The Bertz CT molecular complexity index is 565. The first-order chi connectivity index (χ1) is 8.13. The summed E-state index contributed by atoms with van der Waals surface area (Å²) in [5, 5.41) is 0. The SMILES string of the molecule is COc1ccc(-c2scnc2C(C)=O)cc1F. The number of carbonyl (C=O) groups excluding carboxylic acids is 1. The van der Waals surface area contributed by atoms with Gasteiger partial charge in [0.15, 0.2) is 17.3 Å². The summed E-state index contributed by atoms with van der Waals surface area (Å²) in [7, 11) is 1.41. The zero-order chi connectivity index (χ0) is 12.4. The molecule has 17 heavy (non-hydrogen) atoms. The molecule has 0 aliphatic carbocycles. The number of thiazole rings is 1. The Morgan fingerprint density at radius 3 is 2.82 bits per heavy atom. The van der Waals surface area contributed by atoms with Crippen molar-refractivity contribution in [3.05, 3.63) is 35.2 Å². The van der Waals surface area contributed by atoms with E-state index in [2.05, 4.69) is 4.98 Å². The molecule has 0 saturated carbocycles. The fraction of sp³-hybridized carbons (Fsp3) is 0.167. The van der Waals surface area contributed by atoms with Crippen molar-refractivity contribution < 1.29 is 13.9 Å². The number of methoxy groups -OCH3 is 1. The first kappa shape index (κ1) is 11.7. The summed E-state index contributed by atoms with van der Waals surface area (Å²) >= 11 is 1.31. The fourth-order valence-corrected chi connectivity index (χ4v) is 2.34. The predicted octanol–water partition coefficient (Wildman–Crippen LogP) is 3.16. The van der Waals surface area contributed by atoms with E-state index in [1.807, 2.05) is 0 Å². The molecule has 0 saturated heterocycles. The minimum absolute atomic E-state index is 0.127. The second-order valence-electron chi connectivity index (χ2n) is 3.44. The first-order valence-electron chi connectivity index (χ1n) is 4.92. The number of ketones is 1. The largest absolute Gasteiger partial charge is 0.494 e. The van der Waals surface area contributed by atoms with Crippen LogP contribution in [0.25, 0.3) is 10.4 Å². The van der Waals surface area contributed by atoms with Crippen LogP contribution in [-0.4, -0.2) is 17.9 Å². The van der Waals surface area contributed by atoms with Crippen LogP contribution >= 0.6 is 11.3 Å². The van der Waals surface area contributed by atoms with Crippen molar-refractivity contribution in [3.63, 3.8) is 0 Å². The van der Waals surface area contributed by atoms with Gasteiger partial charge in [-0.3, -0.25) is 4.79 Å². The second-order valence-corrected chi connectivity index (χ2v) is 4.29. The summed E-state index contributed by atoms with van der Waals surface area (Å²) < 4.78 is 18.4. The summed E-state index contributed by atoms with van der Waals surface area (Å²) in [5.41, 5.74) is 2.59. The highest BCUT2D eigenvalue weighted by Crippen LogP contribution is 2.30. The quantitative estimate of drug-likeness (QED) is 0.786. The normalized spacial score (nSPS) is 10.3. The van der Waals surface area contributed by atoms with Crippen LogP contribution in [0, 0.1) is 5.82 Å². The molecule has 0 N–H and O–H groups in total. The summed E-state index contributed by atoms with van der Waals surface area (Å²) in [4.78, 5) is 16.0. The molecule has 0 atom stereocenters. The van der Waals surface area contributed by atoms with Crippen LogP contribution in [0.5, 0.6) is 5.75 Å². The highest BCUT2D eigenvalue weighted by Gasteiger charge is 2.14. The molecule has 0 aliphatic rings. The van der Waals surface area contributed by atoms with Crippen LogP contribution in [-0.2, 0) is 0 Å². The zero-order valence-electron chi connectivity index (χ0n) is 9.36. The molecule has 2 aromatic rings. The van der Waals surface area contributed by atoms with E-state index < -0.39 is 5.82 Å². The maximum atomic E-state index is 13.5. The van der Waals surface area contributed by atoms with E-state index in [1.54, 1.807) is 11.6 Å². The maximum Gasteiger partial charge on any atom is 0.179 e. The van der Waals surface area contributed by atoms with Gasteiger partial charge in [-0.15, -0.1) is 11.3 Å². The van der Waals surface area contributed by atoms with Crippen LogP contribution in [0.4, 0.5) is 4.39 Å². The highest BCUT2D eigenvalue weighted by atomic mass is 32.1. The van der Waals surface area contributed by atoms with Crippen molar-refractivity contribution in [1.82, 2.24) is 4.98 Å². The van der Waals surface area contributed by atoms with Crippen LogP contribution in [0.3, 0.4) is 0 Å². The molecule has 0 spiro atoms. The van der Waals surface area contributed by atoms with E-state index >= 15 is 0 Å². The van der Waals surface area contributed by atoms with Gasteiger partial charge in [0.2, 0.25) is 0 Å². The monoisotopic (exact) mass is 251 g/mol. The third-order valence-corrected chi connectivity index (χ3v) is 3.19. The molecule has 0 bridgehead atoms. The van der Waals surface area contributed by atoms with Crippen molar-refractivity contribution in [2.75, 3.05) is 7.11 Å². The number of Topliss-reactive ketones (excluding diaryl/α,β-unsaturated/α-hetero) is 1. The molecule has 0 fully saturated rings. The molecule has 2 rings (SSSR count). The molecule has 0 unspecified atom stereocenters. The average molecular weight is 251 g/mol. The van der Waals surface area contributed by atoms with E-state index in [0.29, 0.717) is 16.1 Å². The Morgan fingerprint density at radius 1 is 1.47 bits per heavy atom. The minimum atomic E-state index is -0.451. The van der Waals surface area contributed by atoms with E-state index in [4.69, 9.17) is 4.74 Å². The number of benzene rings is 1. The van der Waals surface area contributed by atoms with Crippen molar-refractivity contribution in [2.24, 2.45) is 0 Å². The number of ether oxygens (including phenoxy) is 1. The van der Waals surface area contributed by atoms with E-state index in [0.717, 1.165) is 0 Å². The summed E-state index contributed by atoms with van der Waals surface area (Å²) in [6, 6.07) is 4.59. The number of aromatic nitrogens is 1. The van der Waals surface area contributed by atoms with Gasteiger partial charge in [-0.1, -0.05) is 0 Å². The Labute approximate surface area is 102 Å². The maximum absolute atomic E-state index is 13.5. The smallest absolute Gasteiger partial charge is 0.179 e. The number of nitrogens with zero attached hydrogens (tertiary/aromatic N) is 1. The number of hydrogen-bond acceptors (Lipinski definition) is 4. The van der Waals surface area contributed by atoms with Gasteiger partial charge in [0.25, 0.3) is 0 Å². The van der Waals surface area contributed by atoms with Gasteiger partial charge in [0.1, 0.15) is 5.69 Å². The van der Waals surface area contributed by atoms with Gasteiger partial charge in [-0.05, 0) is 23.8 Å². The van der Waals surface area contributed by atoms with Crippen molar-refractivity contribution in [2.45, 2.75) is 6.92 Å². The number of rotatable bonds is 3. The Hall–Kier alpha value is -1.75. The van der Waals surface area contributed by atoms with E-state index in [-0.39, 0.29) is 11.5 Å². The lowest BCUT2D eigenvalue weighted by Gasteiger charge is -2.04.